The molecule has 0 aromatic heterocycles. The SMILES string of the molecule is O=C=N[C@@H]1CC[C@H]1CSCc1ccccc1. The van der Waals surface area contributed by atoms with E-state index in [1.807, 2.05) is 17.8 Å². The average Bonchev–Trinajstić information content (AvgIpc) is 2.31. The Morgan fingerprint density at radius 3 is 2.75 bits per heavy atom. The zero-order valence-corrected chi connectivity index (χ0v) is 9.95. The number of carbonyl (C=O) groups excluding carboxylic acids is 1. The summed E-state index contributed by atoms with van der Waals surface area (Å²) in [4.78, 5) is 14.0. The Labute approximate surface area is 100 Å². The smallest absolute Gasteiger partial charge is 0.211 e. The first-order chi connectivity index (χ1) is 7.90. The fourth-order valence-electron chi connectivity index (χ4n) is 1.89. The van der Waals surface area contributed by atoms with E-state index in [1.165, 1.54) is 12.0 Å². The van der Waals surface area contributed by atoms with Gasteiger partial charge in [0.2, 0.25) is 6.08 Å². The van der Waals surface area contributed by atoms with Crippen molar-refractivity contribution in [2.75, 3.05) is 5.75 Å². The van der Waals surface area contributed by atoms with Crippen molar-refractivity contribution in [1.82, 2.24) is 0 Å². The van der Waals surface area contributed by atoms with Gasteiger partial charge in [-0.25, -0.2) is 9.79 Å². The minimum absolute atomic E-state index is 0.251. The lowest BCUT2D eigenvalue weighted by Gasteiger charge is -2.32. The molecule has 1 aliphatic carbocycles. The maximum Gasteiger partial charge on any atom is 0.235 e. The summed E-state index contributed by atoms with van der Waals surface area (Å²) in [7, 11) is 0. The van der Waals surface area contributed by atoms with Gasteiger partial charge in [0.25, 0.3) is 0 Å². The highest BCUT2D eigenvalue weighted by Crippen LogP contribution is 2.33. The molecule has 1 fully saturated rings. The van der Waals surface area contributed by atoms with Crippen LogP contribution in [0.3, 0.4) is 0 Å². The molecule has 0 radical (unpaired) electrons. The monoisotopic (exact) mass is 233 g/mol. The summed E-state index contributed by atoms with van der Waals surface area (Å²) in [6, 6.07) is 10.7. The average molecular weight is 233 g/mol. The molecule has 0 unspecified atom stereocenters. The number of rotatable bonds is 5. The highest BCUT2D eigenvalue weighted by atomic mass is 32.2. The van der Waals surface area contributed by atoms with Crippen LogP contribution in [0.5, 0.6) is 0 Å². The normalized spacial score (nSPS) is 23.2. The molecular formula is C13H15NOS. The van der Waals surface area contributed by atoms with Gasteiger partial charge in [0.1, 0.15) is 0 Å². The second-order valence-electron chi connectivity index (χ2n) is 4.13. The zero-order valence-electron chi connectivity index (χ0n) is 9.13. The van der Waals surface area contributed by atoms with Gasteiger partial charge in [-0.2, -0.15) is 11.8 Å². The zero-order chi connectivity index (χ0) is 11.2. The van der Waals surface area contributed by atoms with Gasteiger partial charge < -0.3 is 0 Å². The van der Waals surface area contributed by atoms with Crippen LogP contribution in [0.1, 0.15) is 18.4 Å². The van der Waals surface area contributed by atoms with Gasteiger partial charge in [0.15, 0.2) is 0 Å². The number of thioether (sulfide) groups is 1. The largest absolute Gasteiger partial charge is 0.235 e. The topological polar surface area (TPSA) is 29.4 Å². The summed E-state index contributed by atoms with van der Waals surface area (Å²) in [5.74, 6) is 2.75. The molecule has 16 heavy (non-hydrogen) atoms. The number of isocyanates is 1. The van der Waals surface area contributed by atoms with Gasteiger partial charge in [0.05, 0.1) is 6.04 Å². The van der Waals surface area contributed by atoms with Gasteiger partial charge in [-0.3, -0.25) is 0 Å². The van der Waals surface area contributed by atoms with Crippen molar-refractivity contribution in [2.24, 2.45) is 10.9 Å². The van der Waals surface area contributed by atoms with E-state index in [4.69, 9.17) is 0 Å². The van der Waals surface area contributed by atoms with E-state index in [2.05, 4.69) is 29.3 Å². The summed E-state index contributed by atoms with van der Waals surface area (Å²) < 4.78 is 0. The van der Waals surface area contributed by atoms with Crippen LogP contribution in [0.15, 0.2) is 35.3 Å². The second kappa shape index (κ2) is 5.88. The molecule has 1 saturated carbocycles. The summed E-state index contributed by atoms with van der Waals surface area (Å²) in [5, 5.41) is 0. The van der Waals surface area contributed by atoms with Gasteiger partial charge in [-0.1, -0.05) is 30.3 Å². The van der Waals surface area contributed by atoms with Crippen molar-refractivity contribution < 1.29 is 4.79 Å². The van der Waals surface area contributed by atoms with Gasteiger partial charge in [-0.15, -0.1) is 0 Å². The van der Waals surface area contributed by atoms with E-state index >= 15 is 0 Å². The van der Waals surface area contributed by atoms with Crippen molar-refractivity contribution in [3.8, 4) is 0 Å². The lowest BCUT2D eigenvalue weighted by atomic mass is 9.81. The molecule has 2 nitrogen and oxygen atoms in total. The van der Waals surface area contributed by atoms with Crippen LogP contribution in [0.25, 0.3) is 0 Å². The number of hydrogen-bond acceptors (Lipinski definition) is 3. The van der Waals surface area contributed by atoms with E-state index in [0.29, 0.717) is 5.92 Å². The maximum atomic E-state index is 10.2. The molecular weight excluding hydrogens is 218 g/mol. The van der Waals surface area contributed by atoms with Crippen LogP contribution in [0, 0.1) is 5.92 Å². The molecule has 1 aromatic carbocycles. The van der Waals surface area contributed by atoms with Crippen molar-refractivity contribution in [3.63, 3.8) is 0 Å². The minimum atomic E-state index is 0.251. The Hall–Kier alpha value is -1.05. The van der Waals surface area contributed by atoms with Crippen LogP contribution in [-0.4, -0.2) is 17.9 Å². The van der Waals surface area contributed by atoms with E-state index < -0.39 is 0 Å². The molecule has 0 spiro atoms. The van der Waals surface area contributed by atoms with E-state index in [9.17, 15) is 4.79 Å². The first-order valence-electron chi connectivity index (χ1n) is 5.59. The van der Waals surface area contributed by atoms with Crippen molar-refractivity contribution in [3.05, 3.63) is 35.9 Å². The third kappa shape index (κ3) is 2.97. The summed E-state index contributed by atoms with van der Waals surface area (Å²) in [5.41, 5.74) is 1.36. The minimum Gasteiger partial charge on any atom is -0.211 e. The molecule has 84 valence electrons. The maximum absolute atomic E-state index is 10.2. The number of nitrogens with zero attached hydrogens (tertiary/aromatic N) is 1. The Kier molecular flexibility index (Phi) is 4.20. The van der Waals surface area contributed by atoms with Crippen LogP contribution < -0.4 is 0 Å². The Morgan fingerprint density at radius 1 is 1.31 bits per heavy atom. The second-order valence-corrected chi connectivity index (χ2v) is 5.16. The highest BCUT2D eigenvalue weighted by Gasteiger charge is 2.30. The Balaban J connectivity index is 1.71. The lowest BCUT2D eigenvalue weighted by molar-refractivity contribution is 0.289. The Bertz CT molecular complexity index is 373. The molecule has 1 aliphatic rings. The van der Waals surface area contributed by atoms with Gasteiger partial charge in [0, 0.05) is 5.75 Å². The van der Waals surface area contributed by atoms with Gasteiger partial charge >= 0.3 is 0 Å². The number of hydrogen-bond donors (Lipinski definition) is 0. The lowest BCUT2D eigenvalue weighted by Crippen LogP contribution is -2.31. The molecule has 0 amide bonds. The molecule has 0 saturated heterocycles. The van der Waals surface area contributed by atoms with Crippen LogP contribution >= 0.6 is 11.8 Å². The molecule has 0 heterocycles. The summed E-state index contributed by atoms with van der Waals surface area (Å²) in [6.45, 7) is 0. The number of aliphatic imine (C=N–C) groups is 1. The molecule has 3 heteroatoms. The fraction of sp³-hybridized carbons (Fsp3) is 0.462. The molecule has 0 aliphatic heterocycles. The predicted molar refractivity (Wildman–Crippen MR) is 67.2 cm³/mol. The molecule has 0 bridgehead atoms. The quantitative estimate of drug-likeness (QED) is 0.578. The van der Waals surface area contributed by atoms with Crippen molar-refractivity contribution in [2.45, 2.75) is 24.6 Å². The van der Waals surface area contributed by atoms with E-state index in [0.717, 1.165) is 17.9 Å². The van der Waals surface area contributed by atoms with Crippen LogP contribution in [0.4, 0.5) is 0 Å². The van der Waals surface area contributed by atoms with Crippen LogP contribution in [0.2, 0.25) is 0 Å². The molecule has 2 atom stereocenters. The van der Waals surface area contributed by atoms with Crippen molar-refractivity contribution in [1.29, 1.82) is 0 Å². The first-order valence-corrected chi connectivity index (χ1v) is 6.74. The molecule has 1 aromatic rings. The third-order valence-corrected chi connectivity index (χ3v) is 4.24. The van der Waals surface area contributed by atoms with E-state index in [-0.39, 0.29) is 6.04 Å². The Morgan fingerprint density at radius 2 is 2.12 bits per heavy atom. The summed E-state index contributed by atoms with van der Waals surface area (Å²) >= 11 is 1.93. The van der Waals surface area contributed by atoms with Crippen LogP contribution in [-0.2, 0) is 10.5 Å². The third-order valence-electron chi connectivity index (χ3n) is 3.04. The molecule has 2 rings (SSSR count). The first kappa shape index (κ1) is 11.4. The molecule has 0 N–H and O–H groups in total. The highest BCUT2D eigenvalue weighted by molar-refractivity contribution is 7.98. The van der Waals surface area contributed by atoms with E-state index in [1.54, 1.807) is 6.08 Å². The van der Waals surface area contributed by atoms with Crippen molar-refractivity contribution >= 4 is 17.8 Å². The number of benzene rings is 1. The predicted octanol–water partition coefficient (Wildman–Crippen LogP) is 3.03. The summed E-state index contributed by atoms with van der Waals surface area (Å²) in [6.07, 6.45) is 3.94. The fourth-order valence-corrected chi connectivity index (χ4v) is 3.12. The van der Waals surface area contributed by atoms with Gasteiger partial charge in [-0.05, 0) is 30.1 Å². The standard InChI is InChI=1S/C13H15NOS/c15-10-14-13-7-6-12(13)9-16-8-11-4-2-1-3-5-11/h1-5,12-13H,6-9H2/t12-,13+/m0/s1.